The number of nitrogens with zero attached hydrogens (tertiary/aromatic N) is 2. The first-order chi connectivity index (χ1) is 12.9. The number of aromatic amines is 1. The fourth-order valence-electron chi connectivity index (χ4n) is 4.16. The highest BCUT2D eigenvalue weighted by Crippen LogP contribution is 2.36. The quantitative estimate of drug-likeness (QED) is 0.643. The number of carboxylic acids is 2. The summed E-state index contributed by atoms with van der Waals surface area (Å²) in [6, 6.07) is 0.721. The Hall–Kier alpha value is -2.19. The van der Waals surface area contributed by atoms with Crippen molar-refractivity contribution in [1.82, 2.24) is 15.1 Å². The summed E-state index contributed by atoms with van der Waals surface area (Å²) in [5.41, 5.74) is 2.81. The van der Waals surface area contributed by atoms with E-state index < -0.39 is 11.9 Å². The first kappa shape index (κ1) is 21.1. The van der Waals surface area contributed by atoms with Crippen LogP contribution in [0.15, 0.2) is 18.3 Å². The van der Waals surface area contributed by atoms with Gasteiger partial charge in [-0.1, -0.05) is 6.92 Å². The Balaban J connectivity index is 0.000000279. The third kappa shape index (κ3) is 6.18. The average Bonchev–Trinajstić information content (AvgIpc) is 3.07. The Labute approximate surface area is 159 Å². The smallest absolute Gasteiger partial charge is 0.328 e. The van der Waals surface area contributed by atoms with Gasteiger partial charge in [0.25, 0.3) is 0 Å². The van der Waals surface area contributed by atoms with E-state index in [-0.39, 0.29) is 0 Å². The molecule has 1 aliphatic carbocycles. The van der Waals surface area contributed by atoms with E-state index in [9.17, 15) is 9.59 Å². The van der Waals surface area contributed by atoms with Crippen LogP contribution >= 0.6 is 0 Å². The molecule has 1 unspecified atom stereocenters. The van der Waals surface area contributed by atoms with Gasteiger partial charge in [0, 0.05) is 37.5 Å². The summed E-state index contributed by atoms with van der Waals surface area (Å²) in [6.07, 6.45) is 8.02. The molecule has 27 heavy (non-hydrogen) atoms. The first-order valence-corrected chi connectivity index (χ1v) is 9.32. The van der Waals surface area contributed by atoms with Gasteiger partial charge in [-0.15, -0.1) is 0 Å². The molecule has 3 atom stereocenters. The van der Waals surface area contributed by atoms with Crippen molar-refractivity contribution < 1.29 is 24.5 Å². The third-order valence-electron chi connectivity index (χ3n) is 5.13. The highest BCUT2D eigenvalue weighted by molar-refractivity contribution is 5.89. The SMILES string of the molecule is CCCN1C[C@H](COC)C[C@@H]2Cc3[nH]ncc3CC21.O=C(O)/C=C\C(=O)O. The topological polar surface area (TPSA) is 116 Å². The molecule has 1 fully saturated rings. The number of ether oxygens (including phenoxy) is 1. The number of H-pyrrole nitrogens is 1. The van der Waals surface area contributed by atoms with Gasteiger partial charge in [-0.2, -0.15) is 5.10 Å². The van der Waals surface area contributed by atoms with Crippen molar-refractivity contribution in [1.29, 1.82) is 0 Å². The van der Waals surface area contributed by atoms with Gasteiger partial charge >= 0.3 is 11.9 Å². The fourth-order valence-corrected chi connectivity index (χ4v) is 4.16. The number of carbonyl (C=O) groups is 2. The predicted molar refractivity (Wildman–Crippen MR) is 99.5 cm³/mol. The van der Waals surface area contributed by atoms with Crippen LogP contribution in [0, 0.1) is 11.8 Å². The van der Waals surface area contributed by atoms with E-state index in [1.807, 2.05) is 13.3 Å². The second kappa shape index (κ2) is 10.2. The molecule has 2 heterocycles. The van der Waals surface area contributed by atoms with Crippen molar-refractivity contribution in [3.8, 4) is 0 Å². The standard InChI is InChI=1S/C15H25N3O.C4H4O4/c1-3-4-18-9-11(10-19-2)5-12-6-14-13(7-15(12)18)8-16-17-14;5-3(6)1-2-4(7)8/h8,11-12,15H,3-7,9-10H2,1-2H3,(H,16,17);1-2H,(H,5,6)(H,7,8)/b;2-1-/t11-,12-,15?;/m1./s1. The highest BCUT2D eigenvalue weighted by Gasteiger charge is 2.39. The molecule has 3 N–H and O–H groups in total. The average molecular weight is 379 g/mol. The molecule has 8 nitrogen and oxygen atoms in total. The van der Waals surface area contributed by atoms with Crippen LogP contribution in [0.3, 0.4) is 0 Å². The van der Waals surface area contributed by atoms with Gasteiger partial charge in [-0.05, 0) is 49.6 Å². The van der Waals surface area contributed by atoms with Crippen molar-refractivity contribution in [2.24, 2.45) is 11.8 Å². The lowest BCUT2D eigenvalue weighted by molar-refractivity contribution is -0.134. The largest absolute Gasteiger partial charge is 0.478 e. The van der Waals surface area contributed by atoms with Crippen molar-refractivity contribution >= 4 is 11.9 Å². The zero-order valence-electron chi connectivity index (χ0n) is 15.9. The molecule has 0 saturated carbocycles. The molecule has 0 radical (unpaired) electrons. The molecule has 1 saturated heterocycles. The first-order valence-electron chi connectivity index (χ1n) is 9.32. The maximum atomic E-state index is 9.55. The lowest BCUT2D eigenvalue weighted by atomic mass is 9.74. The number of nitrogens with one attached hydrogen (secondary N) is 1. The van der Waals surface area contributed by atoms with E-state index in [4.69, 9.17) is 14.9 Å². The minimum atomic E-state index is -1.26. The lowest BCUT2D eigenvalue weighted by Gasteiger charge is -2.46. The number of rotatable bonds is 6. The van der Waals surface area contributed by atoms with Crippen molar-refractivity contribution in [2.45, 2.75) is 38.6 Å². The van der Waals surface area contributed by atoms with Crippen LogP contribution < -0.4 is 0 Å². The molecule has 1 aliphatic heterocycles. The molecule has 0 amide bonds. The summed E-state index contributed by atoms with van der Waals surface area (Å²) in [4.78, 5) is 21.8. The van der Waals surface area contributed by atoms with Gasteiger partial charge in [-0.3, -0.25) is 10.00 Å². The Morgan fingerprint density at radius 1 is 1.33 bits per heavy atom. The van der Waals surface area contributed by atoms with Crippen LogP contribution in [0.25, 0.3) is 0 Å². The Morgan fingerprint density at radius 2 is 2.04 bits per heavy atom. The van der Waals surface area contributed by atoms with Gasteiger partial charge < -0.3 is 14.9 Å². The Bertz CT molecular complexity index is 642. The van der Waals surface area contributed by atoms with Crippen LogP contribution in [0.2, 0.25) is 0 Å². The van der Waals surface area contributed by atoms with Crippen LogP contribution in [0.4, 0.5) is 0 Å². The van der Waals surface area contributed by atoms with Gasteiger partial charge in [0.2, 0.25) is 0 Å². The van der Waals surface area contributed by atoms with E-state index in [1.54, 1.807) is 0 Å². The number of carboxylic acid groups (broad SMARTS) is 2. The Kier molecular flexibility index (Phi) is 7.99. The minimum absolute atomic E-state index is 0.558. The molecule has 1 aromatic rings. The number of aromatic nitrogens is 2. The van der Waals surface area contributed by atoms with Gasteiger partial charge in [0.15, 0.2) is 0 Å². The van der Waals surface area contributed by atoms with Crippen molar-refractivity contribution in [3.63, 3.8) is 0 Å². The number of piperidine rings is 1. The minimum Gasteiger partial charge on any atom is -0.478 e. The van der Waals surface area contributed by atoms with Crippen molar-refractivity contribution in [3.05, 3.63) is 29.6 Å². The van der Waals surface area contributed by atoms with Crippen LogP contribution in [-0.2, 0) is 27.2 Å². The summed E-state index contributed by atoms with van der Waals surface area (Å²) in [7, 11) is 1.82. The second-order valence-electron chi connectivity index (χ2n) is 7.17. The van der Waals surface area contributed by atoms with E-state index in [0.29, 0.717) is 18.1 Å². The zero-order valence-corrected chi connectivity index (χ0v) is 15.9. The predicted octanol–water partition coefficient (Wildman–Crippen LogP) is 1.58. The monoisotopic (exact) mass is 379 g/mol. The fraction of sp³-hybridized carbons (Fsp3) is 0.632. The molecule has 0 spiro atoms. The molecule has 150 valence electrons. The number of likely N-dealkylation sites (tertiary alicyclic amines) is 1. The number of methoxy groups -OCH3 is 1. The molecular formula is C19H29N3O5. The normalized spacial score (nSPS) is 24.6. The zero-order chi connectivity index (χ0) is 19.8. The Morgan fingerprint density at radius 3 is 2.63 bits per heavy atom. The van der Waals surface area contributed by atoms with E-state index in [0.717, 1.165) is 18.6 Å². The summed E-state index contributed by atoms with van der Waals surface area (Å²) in [5.74, 6) is -1.05. The maximum Gasteiger partial charge on any atom is 0.328 e. The molecule has 0 bridgehead atoms. The summed E-state index contributed by atoms with van der Waals surface area (Å²) >= 11 is 0. The number of aliphatic carboxylic acids is 2. The summed E-state index contributed by atoms with van der Waals surface area (Å²) in [6.45, 7) is 5.60. The number of hydrogen-bond acceptors (Lipinski definition) is 5. The number of hydrogen-bond donors (Lipinski definition) is 3. The van der Waals surface area contributed by atoms with E-state index in [1.165, 1.54) is 50.0 Å². The van der Waals surface area contributed by atoms with Crippen molar-refractivity contribution in [2.75, 3.05) is 26.8 Å². The lowest BCUT2D eigenvalue weighted by Crippen LogP contribution is -2.52. The van der Waals surface area contributed by atoms with Gasteiger partial charge in [0.1, 0.15) is 0 Å². The third-order valence-corrected chi connectivity index (χ3v) is 5.13. The molecule has 2 aliphatic rings. The highest BCUT2D eigenvalue weighted by atomic mass is 16.5. The van der Waals surface area contributed by atoms with Gasteiger partial charge in [0.05, 0.1) is 12.8 Å². The molecule has 0 aromatic carbocycles. The molecular weight excluding hydrogens is 350 g/mol. The second-order valence-corrected chi connectivity index (χ2v) is 7.17. The van der Waals surface area contributed by atoms with Crippen LogP contribution in [-0.4, -0.2) is 70.1 Å². The van der Waals surface area contributed by atoms with E-state index in [2.05, 4.69) is 22.0 Å². The van der Waals surface area contributed by atoms with Crippen LogP contribution in [0.1, 0.15) is 31.0 Å². The summed E-state index contributed by atoms with van der Waals surface area (Å²) < 4.78 is 5.40. The van der Waals surface area contributed by atoms with Crippen LogP contribution in [0.5, 0.6) is 0 Å². The molecule has 8 heteroatoms. The van der Waals surface area contributed by atoms with Gasteiger partial charge in [-0.25, -0.2) is 9.59 Å². The molecule has 3 rings (SSSR count). The maximum absolute atomic E-state index is 9.55. The summed E-state index contributed by atoms with van der Waals surface area (Å²) in [5, 5.41) is 23.0. The molecule has 1 aromatic heterocycles. The number of fused-ring (bicyclic) bond motifs is 2. The van der Waals surface area contributed by atoms with E-state index >= 15 is 0 Å².